The van der Waals surface area contributed by atoms with Gasteiger partial charge in [0.25, 0.3) is 0 Å². The minimum absolute atomic E-state index is 0.0934. The average Bonchev–Trinajstić information content (AvgIpc) is 2.93. The minimum Gasteiger partial charge on any atom is -0.393 e. The van der Waals surface area contributed by atoms with Gasteiger partial charge in [0.2, 0.25) is 5.96 Å². The normalized spacial score (nSPS) is 49.6. The number of hydrogen-bond donors (Lipinski definition) is 5. The number of fused-ring (bicyclic) bond motifs is 5. The molecule has 0 amide bonds. The van der Waals surface area contributed by atoms with Gasteiger partial charge in [-0.25, -0.2) is 5.43 Å². The molecule has 162 valence electrons. The van der Waals surface area contributed by atoms with E-state index in [4.69, 9.17) is 11.1 Å². The summed E-state index contributed by atoms with van der Waals surface area (Å²) in [5.74, 6) is 1.74. The number of guanidine groups is 1. The highest BCUT2D eigenvalue weighted by Gasteiger charge is 2.66. The summed E-state index contributed by atoms with van der Waals surface area (Å²) < 4.78 is 0. The first kappa shape index (κ1) is 20.9. The van der Waals surface area contributed by atoms with E-state index in [1.165, 1.54) is 6.42 Å². The number of hydrazone groups is 1. The molecule has 4 aliphatic carbocycles. The molecule has 0 aromatic rings. The monoisotopic (exact) mass is 402 g/mol. The van der Waals surface area contributed by atoms with Crippen LogP contribution in [-0.4, -0.2) is 34.1 Å². The third-order valence-corrected chi connectivity index (χ3v) is 9.59. The summed E-state index contributed by atoms with van der Waals surface area (Å²) in [6.07, 6.45) is 15.0. The smallest absolute Gasteiger partial charge is 0.206 e. The molecule has 6 nitrogen and oxygen atoms in total. The lowest BCUT2D eigenvalue weighted by Gasteiger charge is -2.63. The second kappa shape index (κ2) is 7.38. The molecule has 0 aromatic carbocycles. The van der Waals surface area contributed by atoms with Crippen molar-refractivity contribution < 1.29 is 10.2 Å². The number of nitrogens with one attached hydrogen (secondary N) is 2. The van der Waals surface area contributed by atoms with Crippen LogP contribution in [0.4, 0.5) is 0 Å². The first-order valence-electron chi connectivity index (χ1n) is 11.4. The van der Waals surface area contributed by atoms with E-state index in [-0.39, 0.29) is 22.9 Å². The molecule has 0 saturated heterocycles. The van der Waals surface area contributed by atoms with Gasteiger partial charge in [-0.05, 0) is 93.0 Å². The molecule has 0 heterocycles. The molecule has 0 aromatic heterocycles. The van der Waals surface area contributed by atoms with Gasteiger partial charge >= 0.3 is 0 Å². The number of allylic oxidation sites excluding steroid dienone is 2. The van der Waals surface area contributed by atoms with E-state index in [9.17, 15) is 10.2 Å². The van der Waals surface area contributed by atoms with Crippen molar-refractivity contribution in [3.8, 4) is 0 Å². The summed E-state index contributed by atoms with van der Waals surface area (Å²) in [5.41, 5.74) is 7.25. The Balaban J connectivity index is 1.53. The first-order valence-corrected chi connectivity index (χ1v) is 11.4. The third kappa shape index (κ3) is 3.23. The molecular weight excluding hydrogens is 364 g/mol. The quantitative estimate of drug-likeness (QED) is 0.283. The third-order valence-electron chi connectivity index (χ3n) is 9.59. The molecule has 6 heteroatoms. The molecular formula is C23H38N4O2. The van der Waals surface area contributed by atoms with Crippen LogP contribution in [0.5, 0.6) is 0 Å². The lowest BCUT2D eigenvalue weighted by atomic mass is 9.43. The fourth-order valence-electron chi connectivity index (χ4n) is 7.89. The number of hydrogen-bond acceptors (Lipinski definition) is 4. The topological polar surface area (TPSA) is 115 Å². The highest BCUT2D eigenvalue weighted by molar-refractivity contribution is 5.77. The zero-order chi connectivity index (χ0) is 20.9. The zero-order valence-corrected chi connectivity index (χ0v) is 17.9. The summed E-state index contributed by atoms with van der Waals surface area (Å²) in [5, 5.41) is 33.3. The van der Waals surface area contributed by atoms with Crippen LogP contribution in [0.3, 0.4) is 0 Å². The van der Waals surface area contributed by atoms with Crippen molar-refractivity contribution in [3.05, 3.63) is 12.2 Å². The molecule has 0 spiro atoms. The van der Waals surface area contributed by atoms with Crippen LogP contribution in [0, 0.1) is 39.9 Å². The van der Waals surface area contributed by atoms with Crippen LogP contribution in [-0.2, 0) is 0 Å². The highest BCUT2D eigenvalue weighted by atomic mass is 16.3. The van der Waals surface area contributed by atoms with Crippen molar-refractivity contribution in [1.82, 2.24) is 5.43 Å². The molecule has 4 aliphatic rings. The Kier molecular flexibility index (Phi) is 5.31. The van der Waals surface area contributed by atoms with Gasteiger partial charge in [-0.2, -0.15) is 5.10 Å². The molecule has 0 radical (unpaired) electrons. The van der Waals surface area contributed by atoms with Crippen LogP contribution in [0.1, 0.15) is 71.6 Å². The van der Waals surface area contributed by atoms with Gasteiger partial charge in [-0.1, -0.05) is 19.9 Å². The van der Waals surface area contributed by atoms with Crippen molar-refractivity contribution in [2.45, 2.75) is 83.3 Å². The number of nitrogens with zero attached hydrogens (tertiary/aromatic N) is 1. The maximum Gasteiger partial charge on any atom is 0.206 e. The Hall–Kier alpha value is -1.40. The van der Waals surface area contributed by atoms with Crippen molar-refractivity contribution in [2.75, 3.05) is 0 Å². The fourth-order valence-corrected chi connectivity index (χ4v) is 7.89. The van der Waals surface area contributed by atoms with Crippen LogP contribution in [0.15, 0.2) is 17.3 Å². The average molecular weight is 403 g/mol. The first-order chi connectivity index (χ1) is 13.7. The molecule has 4 fully saturated rings. The molecule has 0 aliphatic heterocycles. The van der Waals surface area contributed by atoms with Crippen molar-refractivity contribution in [3.63, 3.8) is 0 Å². The zero-order valence-electron chi connectivity index (χ0n) is 17.9. The Bertz CT molecular complexity index is 709. The summed E-state index contributed by atoms with van der Waals surface area (Å²) >= 11 is 0. The number of aliphatic hydroxyl groups is 2. The van der Waals surface area contributed by atoms with Crippen LogP contribution in [0.2, 0.25) is 0 Å². The van der Waals surface area contributed by atoms with Gasteiger partial charge < -0.3 is 15.9 Å². The van der Waals surface area contributed by atoms with E-state index >= 15 is 0 Å². The second-order valence-corrected chi connectivity index (χ2v) is 10.6. The standard InChI is InChI=1S/C23H38N4O2/c1-21-10-8-17(28)14-16(21)5-6-19-18(21)9-11-22(2)15(7-12-23(19,22)29)4-3-13-26-27-20(24)25/h3-4,13,15-19,28-29H,5-12,14H2,1-2H3,(H4,24,25,27)/b4-3+,26-13-/t15-,16+,17-,18-,19+,21-,22+,23-/m0/s1. The van der Waals surface area contributed by atoms with Crippen molar-refractivity contribution >= 4 is 12.2 Å². The van der Waals surface area contributed by atoms with Crippen LogP contribution >= 0.6 is 0 Å². The van der Waals surface area contributed by atoms with Gasteiger partial charge in [0.15, 0.2) is 0 Å². The summed E-state index contributed by atoms with van der Waals surface area (Å²) in [6, 6.07) is 0. The number of aliphatic hydroxyl groups excluding tert-OH is 1. The maximum absolute atomic E-state index is 12.1. The summed E-state index contributed by atoms with van der Waals surface area (Å²) in [4.78, 5) is 0. The molecule has 29 heavy (non-hydrogen) atoms. The SMILES string of the molecule is C[C@]12CC[C@H](O)C[C@H]1CC[C@@H]1[C@@H]2CC[C@]2(C)[C@@H](/C=C/C=N\NC(=N)N)CC[C@]12O. The molecule has 6 N–H and O–H groups in total. The molecule has 4 rings (SSSR count). The van der Waals surface area contributed by atoms with Gasteiger partial charge in [-0.15, -0.1) is 0 Å². The van der Waals surface area contributed by atoms with E-state index in [1.54, 1.807) is 6.21 Å². The van der Waals surface area contributed by atoms with Gasteiger partial charge in [0.1, 0.15) is 0 Å². The molecule has 0 bridgehead atoms. The van der Waals surface area contributed by atoms with Gasteiger partial charge in [-0.3, -0.25) is 5.41 Å². The Morgan fingerprint density at radius 3 is 2.66 bits per heavy atom. The summed E-state index contributed by atoms with van der Waals surface area (Å²) in [7, 11) is 0. The number of rotatable bonds is 3. The predicted molar refractivity (Wildman–Crippen MR) is 115 cm³/mol. The van der Waals surface area contributed by atoms with E-state index in [2.05, 4.69) is 30.5 Å². The van der Waals surface area contributed by atoms with Gasteiger partial charge in [0.05, 0.1) is 11.7 Å². The second-order valence-electron chi connectivity index (χ2n) is 10.6. The Morgan fingerprint density at radius 1 is 1.10 bits per heavy atom. The lowest BCUT2D eigenvalue weighted by molar-refractivity contribution is -0.207. The van der Waals surface area contributed by atoms with E-state index in [0.29, 0.717) is 23.7 Å². The van der Waals surface area contributed by atoms with Crippen molar-refractivity contribution in [1.29, 1.82) is 5.41 Å². The maximum atomic E-state index is 12.1. The van der Waals surface area contributed by atoms with Crippen LogP contribution < -0.4 is 11.2 Å². The van der Waals surface area contributed by atoms with E-state index in [1.807, 2.05) is 6.08 Å². The van der Waals surface area contributed by atoms with Gasteiger partial charge in [0, 0.05) is 11.6 Å². The largest absolute Gasteiger partial charge is 0.393 e. The fraction of sp³-hybridized carbons (Fsp3) is 0.826. The summed E-state index contributed by atoms with van der Waals surface area (Å²) in [6.45, 7) is 4.76. The Morgan fingerprint density at radius 2 is 1.90 bits per heavy atom. The lowest BCUT2D eigenvalue weighted by Crippen LogP contribution is -2.62. The van der Waals surface area contributed by atoms with Crippen molar-refractivity contribution in [2.24, 2.45) is 45.3 Å². The van der Waals surface area contributed by atoms with E-state index < -0.39 is 5.60 Å². The predicted octanol–water partition coefficient (Wildman–Crippen LogP) is 3.15. The molecule has 0 unspecified atom stereocenters. The molecule has 4 saturated carbocycles. The highest BCUT2D eigenvalue weighted by Crippen LogP contribution is 2.69. The molecule has 8 atom stereocenters. The minimum atomic E-state index is -0.594. The van der Waals surface area contributed by atoms with E-state index in [0.717, 1.165) is 51.4 Å². The van der Waals surface area contributed by atoms with Crippen LogP contribution in [0.25, 0.3) is 0 Å². The number of nitrogens with two attached hydrogens (primary N) is 1. The Labute approximate surface area is 174 Å².